The number of nitrogens with one attached hydrogen (secondary N) is 1. The first-order valence-corrected chi connectivity index (χ1v) is 7.18. The zero-order valence-electron chi connectivity index (χ0n) is 12.2. The van der Waals surface area contributed by atoms with Crippen LogP contribution >= 0.6 is 0 Å². The first-order valence-electron chi connectivity index (χ1n) is 7.18. The first-order chi connectivity index (χ1) is 11.1. The molecule has 0 spiro atoms. The zero-order valence-corrected chi connectivity index (χ0v) is 12.2. The molecular weight excluding hydrogens is 304 g/mol. The van der Waals surface area contributed by atoms with Gasteiger partial charge in [-0.05, 0) is 30.2 Å². The second-order valence-corrected chi connectivity index (χ2v) is 5.22. The van der Waals surface area contributed by atoms with Crippen LogP contribution in [0.15, 0.2) is 48.5 Å². The minimum absolute atomic E-state index is 0.00281. The van der Waals surface area contributed by atoms with E-state index in [1.807, 2.05) is 24.3 Å². The van der Waals surface area contributed by atoms with E-state index in [1.165, 1.54) is 12.1 Å². The summed E-state index contributed by atoms with van der Waals surface area (Å²) in [5.41, 5.74) is 1.39. The van der Waals surface area contributed by atoms with Gasteiger partial charge < -0.3 is 14.8 Å². The molecule has 0 aromatic heterocycles. The molecule has 1 aliphatic heterocycles. The van der Waals surface area contributed by atoms with E-state index in [1.54, 1.807) is 12.1 Å². The van der Waals surface area contributed by atoms with Crippen molar-refractivity contribution in [1.29, 1.82) is 0 Å². The van der Waals surface area contributed by atoms with Gasteiger partial charge in [-0.1, -0.05) is 24.3 Å². The van der Waals surface area contributed by atoms with Gasteiger partial charge in [-0.2, -0.15) is 8.78 Å². The molecule has 1 heterocycles. The van der Waals surface area contributed by atoms with E-state index in [2.05, 4.69) is 10.1 Å². The zero-order chi connectivity index (χ0) is 16.2. The van der Waals surface area contributed by atoms with Gasteiger partial charge in [0.05, 0.1) is 5.92 Å². The van der Waals surface area contributed by atoms with E-state index in [-0.39, 0.29) is 24.2 Å². The number of ether oxygens (including phenoxy) is 2. The SMILES string of the molecule is O=C(Nc1cccc(OC(F)F)c1)[C@H]1COc2ccccc2C1. The molecule has 0 radical (unpaired) electrons. The van der Waals surface area contributed by atoms with E-state index in [9.17, 15) is 13.6 Å². The van der Waals surface area contributed by atoms with E-state index in [0.717, 1.165) is 11.3 Å². The second kappa shape index (κ2) is 6.64. The number of anilines is 1. The molecule has 3 rings (SSSR count). The number of benzene rings is 2. The fourth-order valence-corrected chi connectivity index (χ4v) is 2.49. The van der Waals surface area contributed by atoms with Gasteiger partial charge in [-0.3, -0.25) is 4.79 Å². The van der Waals surface area contributed by atoms with Crippen molar-refractivity contribution >= 4 is 11.6 Å². The number of amides is 1. The van der Waals surface area contributed by atoms with Crippen molar-refractivity contribution in [3.63, 3.8) is 0 Å². The molecule has 0 aliphatic carbocycles. The van der Waals surface area contributed by atoms with Gasteiger partial charge in [-0.25, -0.2) is 0 Å². The average Bonchev–Trinajstić information content (AvgIpc) is 2.54. The van der Waals surface area contributed by atoms with Gasteiger partial charge in [0.25, 0.3) is 0 Å². The Hall–Kier alpha value is -2.63. The van der Waals surface area contributed by atoms with E-state index in [4.69, 9.17) is 4.74 Å². The highest BCUT2D eigenvalue weighted by atomic mass is 19.3. The normalized spacial score (nSPS) is 16.4. The van der Waals surface area contributed by atoms with Crippen LogP contribution in [0, 0.1) is 5.92 Å². The molecule has 2 aromatic carbocycles. The summed E-state index contributed by atoms with van der Waals surface area (Å²) in [5.74, 6) is 0.255. The number of alkyl halides is 2. The Morgan fingerprint density at radius 3 is 2.87 bits per heavy atom. The van der Waals surface area contributed by atoms with Crippen molar-refractivity contribution in [3.8, 4) is 11.5 Å². The van der Waals surface area contributed by atoms with Crippen LogP contribution < -0.4 is 14.8 Å². The number of carbonyl (C=O) groups is 1. The molecule has 2 aromatic rings. The maximum atomic E-state index is 12.3. The number of hydrogen-bond acceptors (Lipinski definition) is 3. The Balaban J connectivity index is 1.66. The van der Waals surface area contributed by atoms with Crippen LogP contribution in [0.3, 0.4) is 0 Å². The largest absolute Gasteiger partial charge is 0.492 e. The number of rotatable bonds is 4. The molecule has 0 unspecified atom stereocenters. The van der Waals surface area contributed by atoms with Crippen LogP contribution in [0.5, 0.6) is 11.5 Å². The molecule has 1 atom stereocenters. The van der Waals surface area contributed by atoms with Crippen LogP contribution in [-0.2, 0) is 11.2 Å². The summed E-state index contributed by atoms with van der Waals surface area (Å²) in [7, 11) is 0. The molecular formula is C17H15F2NO3. The maximum Gasteiger partial charge on any atom is 0.387 e. The molecule has 0 saturated carbocycles. The van der Waals surface area contributed by atoms with Gasteiger partial charge in [0.1, 0.15) is 18.1 Å². The summed E-state index contributed by atoms with van der Waals surface area (Å²) < 4.78 is 34.3. The van der Waals surface area contributed by atoms with Gasteiger partial charge in [0, 0.05) is 11.8 Å². The lowest BCUT2D eigenvalue weighted by molar-refractivity contribution is -0.121. The summed E-state index contributed by atoms with van der Waals surface area (Å²) in [6, 6.07) is 13.5. The smallest absolute Gasteiger partial charge is 0.387 e. The fourth-order valence-electron chi connectivity index (χ4n) is 2.49. The number of carbonyl (C=O) groups excluding carboxylic acids is 1. The molecule has 120 valence electrons. The Morgan fingerprint density at radius 1 is 1.22 bits per heavy atom. The average molecular weight is 319 g/mol. The number of halogens is 2. The van der Waals surface area contributed by atoms with Crippen LogP contribution in [-0.4, -0.2) is 19.1 Å². The van der Waals surface area contributed by atoms with Crippen LogP contribution in [0.25, 0.3) is 0 Å². The second-order valence-electron chi connectivity index (χ2n) is 5.22. The highest BCUT2D eigenvalue weighted by Crippen LogP contribution is 2.28. The van der Waals surface area contributed by atoms with Gasteiger partial charge in [-0.15, -0.1) is 0 Å². The molecule has 0 bridgehead atoms. The third-order valence-corrected chi connectivity index (χ3v) is 3.58. The maximum absolute atomic E-state index is 12.3. The van der Waals surface area contributed by atoms with Gasteiger partial charge in [0.15, 0.2) is 0 Å². The van der Waals surface area contributed by atoms with E-state index in [0.29, 0.717) is 12.1 Å². The summed E-state index contributed by atoms with van der Waals surface area (Å²) in [6.07, 6.45) is 0.579. The third-order valence-electron chi connectivity index (χ3n) is 3.58. The monoisotopic (exact) mass is 319 g/mol. The Bertz CT molecular complexity index is 706. The highest BCUT2D eigenvalue weighted by molar-refractivity contribution is 5.93. The number of fused-ring (bicyclic) bond motifs is 1. The van der Waals surface area contributed by atoms with Crippen molar-refractivity contribution in [3.05, 3.63) is 54.1 Å². The Morgan fingerprint density at radius 2 is 2.04 bits per heavy atom. The standard InChI is InChI=1S/C17H15F2NO3/c18-17(19)23-14-6-3-5-13(9-14)20-16(21)12-8-11-4-1-2-7-15(11)22-10-12/h1-7,9,12,17H,8,10H2,(H,20,21)/t12-/m1/s1. The van der Waals surface area contributed by atoms with Crippen LogP contribution in [0.2, 0.25) is 0 Å². The molecule has 0 saturated heterocycles. The third kappa shape index (κ3) is 3.77. The van der Waals surface area contributed by atoms with Crippen molar-refractivity contribution in [2.24, 2.45) is 5.92 Å². The minimum atomic E-state index is -2.90. The molecule has 0 fully saturated rings. The van der Waals surface area contributed by atoms with Gasteiger partial charge in [0.2, 0.25) is 5.91 Å². The molecule has 1 N–H and O–H groups in total. The van der Waals surface area contributed by atoms with E-state index >= 15 is 0 Å². The molecule has 1 aliphatic rings. The Kier molecular flexibility index (Phi) is 4.41. The van der Waals surface area contributed by atoms with Crippen molar-refractivity contribution in [2.45, 2.75) is 13.0 Å². The first kappa shape index (κ1) is 15.3. The molecule has 6 heteroatoms. The quantitative estimate of drug-likeness (QED) is 0.938. The minimum Gasteiger partial charge on any atom is -0.492 e. The molecule has 23 heavy (non-hydrogen) atoms. The predicted octanol–water partition coefficient (Wildman–Crippen LogP) is 3.48. The predicted molar refractivity (Wildman–Crippen MR) is 80.8 cm³/mol. The fraction of sp³-hybridized carbons (Fsp3) is 0.235. The Labute approximate surface area is 132 Å². The number of hydrogen-bond donors (Lipinski definition) is 1. The van der Waals surface area contributed by atoms with Crippen LogP contribution in [0.4, 0.5) is 14.5 Å². The lowest BCUT2D eigenvalue weighted by atomic mass is 9.96. The molecule has 4 nitrogen and oxygen atoms in total. The summed E-state index contributed by atoms with van der Waals surface area (Å²) in [5, 5.41) is 2.71. The van der Waals surface area contributed by atoms with Crippen molar-refractivity contribution in [2.75, 3.05) is 11.9 Å². The van der Waals surface area contributed by atoms with Crippen LogP contribution in [0.1, 0.15) is 5.56 Å². The van der Waals surface area contributed by atoms with Crippen molar-refractivity contribution < 1.29 is 23.0 Å². The summed E-state index contributed by atoms with van der Waals surface area (Å²) >= 11 is 0. The summed E-state index contributed by atoms with van der Waals surface area (Å²) in [4.78, 5) is 12.3. The number of para-hydroxylation sites is 1. The summed E-state index contributed by atoms with van der Waals surface area (Å²) in [6.45, 7) is -2.61. The van der Waals surface area contributed by atoms with E-state index < -0.39 is 6.61 Å². The van der Waals surface area contributed by atoms with Gasteiger partial charge >= 0.3 is 6.61 Å². The lowest BCUT2D eigenvalue weighted by Crippen LogP contribution is -2.32. The topological polar surface area (TPSA) is 47.6 Å². The highest BCUT2D eigenvalue weighted by Gasteiger charge is 2.25. The molecule has 1 amide bonds. The lowest BCUT2D eigenvalue weighted by Gasteiger charge is -2.24. The van der Waals surface area contributed by atoms with Crippen molar-refractivity contribution in [1.82, 2.24) is 0 Å².